The van der Waals surface area contributed by atoms with E-state index in [0.29, 0.717) is 42.4 Å². The summed E-state index contributed by atoms with van der Waals surface area (Å²) in [6.07, 6.45) is 1.54. The number of aryl methyl sites for hydroxylation is 1. The molecular formula is C26H20N2O7. The summed E-state index contributed by atoms with van der Waals surface area (Å²) in [5.74, 6) is 2.51. The summed E-state index contributed by atoms with van der Waals surface area (Å²) in [7, 11) is 0. The lowest BCUT2D eigenvalue weighted by atomic mass is 9.98. The number of rotatable bonds is 4. The minimum atomic E-state index is -0.472. The molecule has 3 heterocycles. The van der Waals surface area contributed by atoms with Crippen LogP contribution in [0, 0.1) is 17.0 Å². The smallest absolute Gasteiger partial charge is 0.270 e. The van der Waals surface area contributed by atoms with Crippen LogP contribution in [0.1, 0.15) is 32.6 Å². The number of hydrogen-bond donors (Lipinski definition) is 0. The van der Waals surface area contributed by atoms with E-state index < -0.39 is 4.92 Å². The number of fused-ring (bicyclic) bond motifs is 4. The summed E-state index contributed by atoms with van der Waals surface area (Å²) < 4.78 is 22.9. The Morgan fingerprint density at radius 3 is 2.77 bits per heavy atom. The van der Waals surface area contributed by atoms with Crippen LogP contribution in [0.2, 0.25) is 0 Å². The van der Waals surface area contributed by atoms with Gasteiger partial charge in [-0.2, -0.15) is 0 Å². The van der Waals surface area contributed by atoms with Crippen molar-refractivity contribution in [1.82, 2.24) is 4.90 Å². The predicted molar refractivity (Wildman–Crippen MR) is 125 cm³/mol. The van der Waals surface area contributed by atoms with Crippen LogP contribution >= 0.6 is 0 Å². The molecule has 3 aliphatic rings. The lowest BCUT2D eigenvalue weighted by Crippen LogP contribution is -2.31. The lowest BCUT2D eigenvalue weighted by molar-refractivity contribution is -0.384. The van der Waals surface area contributed by atoms with E-state index in [4.69, 9.17) is 18.9 Å². The third-order valence-electron chi connectivity index (χ3n) is 6.21. The second-order valence-corrected chi connectivity index (χ2v) is 8.61. The van der Waals surface area contributed by atoms with Gasteiger partial charge >= 0.3 is 0 Å². The van der Waals surface area contributed by atoms with Gasteiger partial charge in [-0.25, -0.2) is 0 Å². The summed E-state index contributed by atoms with van der Waals surface area (Å²) in [6, 6.07) is 13.8. The van der Waals surface area contributed by atoms with Crippen LogP contribution in [0.3, 0.4) is 0 Å². The SMILES string of the molecule is Cc1cc2c(c3c1C(=O)/C(=C/c1cccc([N+](=O)[O-])c1)O3)CN(Cc1ccc3c(c1)OCO3)CO2. The number of nitro benzene ring substituents is 1. The molecule has 0 aliphatic carbocycles. The van der Waals surface area contributed by atoms with Crippen molar-refractivity contribution < 1.29 is 28.7 Å². The van der Waals surface area contributed by atoms with Crippen molar-refractivity contribution in [2.75, 3.05) is 13.5 Å². The van der Waals surface area contributed by atoms with Gasteiger partial charge in [0.2, 0.25) is 12.6 Å². The van der Waals surface area contributed by atoms with E-state index in [-0.39, 0.29) is 24.0 Å². The second kappa shape index (κ2) is 8.14. The molecule has 0 bridgehead atoms. The lowest BCUT2D eigenvalue weighted by Gasteiger charge is -2.30. The number of ether oxygens (including phenoxy) is 4. The zero-order valence-electron chi connectivity index (χ0n) is 18.8. The molecule has 3 aromatic rings. The number of non-ortho nitro benzene ring substituents is 1. The molecule has 0 spiro atoms. The van der Waals surface area contributed by atoms with Gasteiger partial charge in [-0.3, -0.25) is 19.8 Å². The van der Waals surface area contributed by atoms with Gasteiger partial charge in [0.15, 0.2) is 17.3 Å². The van der Waals surface area contributed by atoms with Crippen LogP contribution < -0.4 is 18.9 Å². The van der Waals surface area contributed by atoms with Crippen LogP contribution in [0.25, 0.3) is 6.08 Å². The molecule has 3 aliphatic heterocycles. The summed E-state index contributed by atoms with van der Waals surface area (Å²) in [6.45, 7) is 3.61. The Bertz CT molecular complexity index is 1430. The maximum absolute atomic E-state index is 13.2. The van der Waals surface area contributed by atoms with E-state index in [9.17, 15) is 14.9 Å². The number of carbonyl (C=O) groups excluding carboxylic acids is 1. The number of benzene rings is 3. The van der Waals surface area contributed by atoms with Gasteiger partial charge in [0.1, 0.15) is 18.2 Å². The van der Waals surface area contributed by atoms with Gasteiger partial charge < -0.3 is 18.9 Å². The third kappa shape index (κ3) is 3.75. The monoisotopic (exact) mass is 472 g/mol. The molecule has 9 heteroatoms. The highest BCUT2D eigenvalue weighted by atomic mass is 16.7. The van der Waals surface area contributed by atoms with E-state index >= 15 is 0 Å². The van der Waals surface area contributed by atoms with E-state index in [1.54, 1.807) is 12.1 Å². The molecule has 6 rings (SSSR count). The molecule has 0 unspecified atom stereocenters. The van der Waals surface area contributed by atoms with Crippen LogP contribution in [0.15, 0.2) is 54.3 Å². The Labute approximate surface area is 200 Å². The van der Waals surface area contributed by atoms with Gasteiger partial charge in [-0.1, -0.05) is 18.2 Å². The second-order valence-electron chi connectivity index (χ2n) is 8.61. The number of hydrogen-bond acceptors (Lipinski definition) is 8. The van der Waals surface area contributed by atoms with Crippen LogP contribution in [-0.4, -0.2) is 29.1 Å². The van der Waals surface area contributed by atoms with Crippen LogP contribution in [-0.2, 0) is 13.1 Å². The van der Waals surface area contributed by atoms with E-state index in [0.717, 1.165) is 28.2 Å². The molecule has 0 amide bonds. The first kappa shape index (κ1) is 21.2. The number of nitrogens with zero attached hydrogens (tertiary/aromatic N) is 2. The summed E-state index contributed by atoms with van der Waals surface area (Å²) in [5.41, 5.74) is 3.57. The summed E-state index contributed by atoms with van der Waals surface area (Å²) in [5, 5.41) is 11.1. The van der Waals surface area contributed by atoms with Gasteiger partial charge in [0, 0.05) is 25.2 Å². The molecule has 0 saturated carbocycles. The molecule has 176 valence electrons. The highest BCUT2D eigenvalue weighted by Crippen LogP contribution is 2.44. The number of carbonyl (C=O) groups is 1. The van der Waals surface area contributed by atoms with Crippen molar-refractivity contribution in [2.45, 2.75) is 20.0 Å². The first-order valence-electron chi connectivity index (χ1n) is 11.0. The highest BCUT2D eigenvalue weighted by Gasteiger charge is 2.35. The average molecular weight is 472 g/mol. The maximum Gasteiger partial charge on any atom is 0.270 e. The van der Waals surface area contributed by atoms with Crippen molar-refractivity contribution >= 4 is 17.5 Å². The first-order chi connectivity index (χ1) is 17.0. The molecule has 0 saturated heterocycles. The largest absolute Gasteiger partial charge is 0.478 e. The number of Topliss-reactive ketones (excluding diaryl/α,β-unsaturated/α-hetero) is 1. The van der Waals surface area contributed by atoms with Crippen molar-refractivity contribution in [3.8, 4) is 23.0 Å². The summed E-state index contributed by atoms with van der Waals surface area (Å²) >= 11 is 0. The molecule has 0 atom stereocenters. The van der Waals surface area contributed by atoms with Crippen molar-refractivity contribution in [3.05, 3.63) is 92.2 Å². The first-order valence-corrected chi connectivity index (χ1v) is 11.0. The Morgan fingerprint density at radius 1 is 1.06 bits per heavy atom. The van der Waals surface area contributed by atoms with Crippen molar-refractivity contribution in [3.63, 3.8) is 0 Å². The van der Waals surface area contributed by atoms with Crippen LogP contribution in [0.5, 0.6) is 23.0 Å². The fraction of sp³-hybridized carbons (Fsp3) is 0.192. The molecule has 0 aromatic heterocycles. The molecule has 0 fully saturated rings. The zero-order valence-corrected chi connectivity index (χ0v) is 18.8. The quantitative estimate of drug-likeness (QED) is 0.309. The normalized spacial score (nSPS) is 17.1. The minimum Gasteiger partial charge on any atom is -0.478 e. The molecule has 9 nitrogen and oxygen atoms in total. The summed E-state index contributed by atoms with van der Waals surface area (Å²) in [4.78, 5) is 25.9. The van der Waals surface area contributed by atoms with Crippen LogP contribution in [0.4, 0.5) is 5.69 Å². The highest BCUT2D eigenvalue weighted by molar-refractivity contribution is 6.15. The zero-order chi connectivity index (χ0) is 24.1. The number of ketones is 1. The fourth-order valence-corrected chi connectivity index (χ4v) is 4.55. The Hall–Kier alpha value is -4.37. The van der Waals surface area contributed by atoms with Gasteiger partial charge in [0.05, 0.1) is 16.1 Å². The number of nitro groups is 1. The molecule has 0 radical (unpaired) electrons. The van der Waals surface area contributed by atoms with Gasteiger partial charge in [-0.05, 0) is 47.9 Å². The van der Waals surface area contributed by atoms with E-state index in [1.807, 2.05) is 31.2 Å². The average Bonchev–Trinajstić information content (AvgIpc) is 3.44. The number of allylic oxidation sites excluding steroid dienone is 1. The Morgan fingerprint density at radius 2 is 1.91 bits per heavy atom. The molecule has 3 aromatic carbocycles. The third-order valence-corrected chi connectivity index (χ3v) is 6.21. The Kier molecular flexibility index (Phi) is 4.93. The van der Waals surface area contributed by atoms with Gasteiger partial charge in [0.25, 0.3) is 5.69 Å². The molecular weight excluding hydrogens is 452 g/mol. The fourth-order valence-electron chi connectivity index (χ4n) is 4.55. The maximum atomic E-state index is 13.2. The molecule has 0 N–H and O–H groups in total. The minimum absolute atomic E-state index is 0.0524. The topological polar surface area (TPSA) is 100 Å². The standard InChI is InChI=1S/C26H20N2O7/c1-15-7-21-19(12-27(13-32-21)11-17-5-6-20-22(10-17)34-14-33-20)26-24(15)25(29)23(35-26)9-16-3-2-4-18(8-16)28(30)31/h2-10H,11-14H2,1H3/b23-9-. The molecule has 35 heavy (non-hydrogen) atoms. The van der Waals surface area contributed by atoms with Crippen molar-refractivity contribution in [2.24, 2.45) is 0 Å². The van der Waals surface area contributed by atoms with Gasteiger partial charge in [-0.15, -0.1) is 0 Å². The van der Waals surface area contributed by atoms with E-state index in [1.165, 1.54) is 18.2 Å². The predicted octanol–water partition coefficient (Wildman–Crippen LogP) is 4.60. The van der Waals surface area contributed by atoms with E-state index in [2.05, 4.69) is 4.90 Å². The Balaban J connectivity index is 1.29. The van der Waals surface area contributed by atoms with Crippen molar-refractivity contribution in [1.29, 1.82) is 0 Å².